The summed E-state index contributed by atoms with van der Waals surface area (Å²) < 4.78 is 47.0. The monoisotopic (exact) mass is 284 g/mol. The van der Waals surface area contributed by atoms with Gasteiger partial charge in [-0.2, -0.15) is 13.2 Å². The normalized spacial score (nSPS) is 11.4. The predicted octanol–water partition coefficient (Wildman–Crippen LogP) is 3.04. The standard InChI is InChI=1S/C10H8ClF3O4/c1-17-4-18-8-5(9(15)16)2-3-6(7(8)11)10(12,13)14/h2-3H,4H2,1H3,(H,15,16). The number of alkyl halides is 3. The summed E-state index contributed by atoms with van der Waals surface area (Å²) in [5.41, 5.74) is -1.63. The molecule has 0 radical (unpaired) electrons. The molecule has 0 aromatic heterocycles. The Hall–Kier alpha value is -1.47. The lowest BCUT2D eigenvalue weighted by Gasteiger charge is -2.15. The minimum atomic E-state index is -4.70. The summed E-state index contributed by atoms with van der Waals surface area (Å²) in [6.07, 6.45) is -4.70. The second-order valence-corrected chi connectivity index (χ2v) is 3.54. The van der Waals surface area contributed by atoms with Crippen LogP contribution >= 0.6 is 11.6 Å². The molecular weight excluding hydrogens is 277 g/mol. The van der Waals surface area contributed by atoms with Crippen molar-refractivity contribution in [3.05, 3.63) is 28.3 Å². The van der Waals surface area contributed by atoms with E-state index in [0.717, 1.165) is 6.07 Å². The largest absolute Gasteiger partial charge is 0.478 e. The van der Waals surface area contributed by atoms with Crippen LogP contribution in [0.2, 0.25) is 5.02 Å². The van der Waals surface area contributed by atoms with Crippen LogP contribution in [0.4, 0.5) is 13.2 Å². The van der Waals surface area contributed by atoms with Gasteiger partial charge in [0, 0.05) is 7.11 Å². The molecule has 8 heteroatoms. The van der Waals surface area contributed by atoms with Crippen LogP contribution in [-0.2, 0) is 10.9 Å². The topological polar surface area (TPSA) is 55.8 Å². The molecule has 0 aliphatic carbocycles. The van der Waals surface area contributed by atoms with Crippen molar-refractivity contribution in [2.75, 3.05) is 13.9 Å². The molecule has 1 rings (SSSR count). The van der Waals surface area contributed by atoms with Gasteiger partial charge in [-0.1, -0.05) is 11.6 Å². The zero-order chi connectivity index (χ0) is 13.9. The van der Waals surface area contributed by atoms with Gasteiger partial charge in [-0.3, -0.25) is 0 Å². The molecule has 0 amide bonds. The van der Waals surface area contributed by atoms with Gasteiger partial charge in [0.1, 0.15) is 5.56 Å². The van der Waals surface area contributed by atoms with E-state index in [1.165, 1.54) is 7.11 Å². The van der Waals surface area contributed by atoms with Gasteiger partial charge >= 0.3 is 12.1 Å². The van der Waals surface area contributed by atoms with Crippen LogP contribution in [0, 0.1) is 0 Å². The Balaban J connectivity index is 3.35. The zero-order valence-electron chi connectivity index (χ0n) is 9.05. The Bertz CT molecular complexity index is 459. The third kappa shape index (κ3) is 3.05. The molecule has 0 atom stereocenters. The number of methoxy groups -OCH3 is 1. The Morgan fingerprint density at radius 1 is 1.44 bits per heavy atom. The van der Waals surface area contributed by atoms with Gasteiger partial charge < -0.3 is 14.6 Å². The van der Waals surface area contributed by atoms with Gasteiger partial charge in [0.15, 0.2) is 12.5 Å². The maximum Gasteiger partial charge on any atom is 0.417 e. The Kier molecular flexibility index (Phi) is 4.42. The third-order valence-electron chi connectivity index (χ3n) is 1.95. The lowest BCUT2D eigenvalue weighted by Crippen LogP contribution is -2.11. The number of halogens is 4. The molecule has 4 nitrogen and oxygen atoms in total. The summed E-state index contributed by atoms with van der Waals surface area (Å²) in [6.45, 7) is -0.415. The van der Waals surface area contributed by atoms with Crippen molar-refractivity contribution in [1.29, 1.82) is 0 Å². The van der Waals surface area contributed by atoms with Crippen molar-refractivity contribution < 1.29 is 32.5 Å². The summed E-state index contributed by atoms with van der Waals surface area (Å²) in [5, 5.41) is 8.02. The van der Waals surface area contributed by atoms with Crippen LogP contribution in [0.1, 0.15) is 15.9 Å². The van der Waals surface area contributed by atoms with Crippen molar-refractivity contribution in [3.8, 4) is 5.75 Å². The fourth-order valence-corrected chi connectivity index (χ4v) is 1.53. The van der Waals surface area contributed by atoms with Gasteiger partial charge in [0.25, 0.3) is 0 Å². The average molecular weight is 285 g/mol. The van der Waals surface area contributed by atoms with Gasteiger partial charge in [-0.25, -0.2) is 4.79 Å². The number of hydrogen-bond acceptors (Lipinski definition) is 3. The number of ether oxygens (including phenoxy) is 2. The second-order valence-electron chi connectivity index (χ2n) is 3.16. The van der Waals surface area contributed by atoms with E-state index in [0.29, 0.717) is 6.07 Å². The Labute approximate surface area is 105 Å². The van der Waals surface area contributed by atoms with Gasteiger partial charge in [0.05, 0.1) is 10.6 Å². The van der Waals surface area contributed by atoms with E-state index in [4.69, 9.17) is 21.4 Å². The highest BCUT2D eigenvalue weighted by molar-refractivity contribution is 6.33. The lowest BCUT2D eigenvalue weighted by molar-refractivity contribution is -0.137. The van der Waals surface area contributed by atoms with Gasteiger partial charge in [-0.15, -0.1) is 0 Å². The first-order chi connectivity index (χ1) is 8.29. The van der Waals surface area contributed by atoms with Crippen LogP contribution in [0.15, 0.2) is 12.1 Å². The van der Waals surface area contributed by atoms with E-state index in [9.17, 15) is 18.0 Å². The SMILES string of the molecule is COCOc1c(C(=O)O)ccc(C(F)(F)F)c1Cl. The molecule has 0 spiro atoms. The first-order valence-electron chi connectivity index (χ1n) is 4.53. The van der Waals surface area contributed by atoms with E-state index in [1.807, 2.05) is 0 Å². The van der Waals surface area contributed by atoms with E-state index in [2.05, 4.69) is 4.74 Å². The lowest BCUT2D eigenvalue weighted by atomic mass is 10.1. The smallest absolute Gasteiger partial charge is 0.417 e. The maximum atomic E-state index is 12.6. The van der Waals surface area contributed by atoms with Crippen molar-refractivity contribution in [2.45, 2.75) is 6.18 Å². The molecule has 0 saturated carbocycles. The highest BCUT2D eigenvalue weighted by Crippen LogP contribution is 2.41. The van der Waals surface area contributed by atoms with E-state index >= 15 is 0 Å². The van der Waals surface area contributed by atoms with Crippen molar-refractivity contribution in [1.82, 2.24) is 0 Å². The van der Waals surface area contributed by atoms with Gasteiger partial charge in [-0.05, 0) is 12.1 Å². The number of aromatic carboxylic acids is 1. The van der Waals surface area contributed by atoms with Crippen molar-refractivity contribution in [2.24, 2.45) is 0 Å². The maximum absolute atomic E-state index is 12.6. The first kappa shape index (κ1) is 14.6. The predicted molar refractivity (Wildman–Crippen MR) is 55.9 cm³/mol. The molecular formula is C10H8ClF3O4. The van der Waals surface area contributed by atoms with Crippen LogP contribution < -0.4 is 4.74 Å². The molecule has 0 aliphatic rings. The minimum Gasteiger partial charge on any atom is -0.478 e. The molecule has 1 aromatic carbocycles. The molecule has 1 N–H and O–H groups in total. The van der Waals surface area contributed by atoms with Crippen LogP contribution in [0.3, 0.4) is 0 Å². The van der Waals surface area contributed by atoms with E-state index in [-0.39, 0.29) is 0 Å². The van der Waals surface area contributed by atoms with Crippen molar-refractivity contribution in [3.63, 3.8) is 0 Å². The minimum absolute atomic E-state index is 0.415. The average Bonchev–Trinajstić information content (AvgIpc) is 2.25. The second kappa shape index (κ2) is 5.45. The van der Waals surface area contributed by atoms with Crippen LogP contribution in [-0.4, -0.2) is 25.0 Å². The number of carboxylic acids is 1. The number of carbonyl (C=O) groups is 1. The highest BCUT2D eigenvalue weighted by Gasteiger charge is 2.35. The van der Waals surface area contributed by atoms with Crippen LogP contribution in [0.5, 0.6) is 5.75 Å². The molecule has 0 fully saturated rings. The fraction of sp³-hybridized carbons (Fsp3) is 0.300. The van der Waals surface area contributed by atoms with Crippen molar-refractivity contribution >= 4 is 17.6 Å². The van der Waals surface area contributed by atoms with E-state index in [1.54, 1.807) is 0 Å². The molecule has 0 heterocycles. The molecule has 1 aromatic rings. The molecule has 0 bridgehead atoms. The summed E-state index contributed by atoms with van der Waals surface area (Å²) in [6, 6.07) is 1.37. The molecule has 0 aliphatic heterocycles. The Morgan fingerprint density at radius 2 is 2.06 bits per heavy atom. The summed E-state index contributed by atoms with van der Waals surface area (Å²) in [7, 11) is 1.24. The number of benzene rings is 1. The number of carboxylic acid groups (broad SMARTS) is 1. The first-order valence-corrected chi connectivity index (χ1v) is 4.91. The zero-order valence-corrected chi connectivity index (χ0v) is 9.80. The van der Waals surface area contributed by atoms with Crippen LogP contribution in [0.25, 0.3) is 0 Å². The third-order valence-corrected chi connectivity index (χ3v) is 2.33. The van der Waals surface area contributed by atoms with E-state index < -0.39 is 40.8 Å². The number of hydrogen-bond donors (Lipinski definition) is 1. The highest BCUT2D eigenvalue weighted by atomic mass is 35.5. The molecule has 100 valence electrons. The number of rotatable bonds is 4. The quantitative estimate of drug-likeness (QED) is 0.864. The molecule has 0 saturated heterocycles. The summed E-state index contributed by atoms with van der Waals surface area (Å²) in [4.78, 5) is 10.8. The van der Waals surface area contributed by atoms with Gasteiger partial charge in [0.2, 0.25) is 0 Å². The Morgan fingerprint density at radius 3 is 2.50 bits per heavy atom. The molecule has 0 unspecified atom stereocenters. The summed E-state index contributed by atoms with van der Waals surface area (Å²) in [5.74, 6) is -2.02. The molecule has 18 heavy (non-hydrogen) atoms. The fourth-order valence-electron chi connectivity index (χ4n) is 1.20. The summed E-state index contributed by atoms with van der Waals surface area (Å²) >= 11 is 5.51.